The molecule has 2 rings (SSSR count). The van der Waals surface area contributed by atoms with E-state index in [1.54, 1.807) is 31.4 Å². The number of β-amino-alcohol motifs (C(OH)–C–C–N with tert-alkyl or cyclic N) is 2. The molecule has 0 bridgehead atoms. The van der Waals surface area contributed by atoms with Crippen molar-refractivity contribution in [1.82, 2.24) is 4.90 Å². The summed E-state index contributed by atoms with van der Waals surface area (Å²) in [4.78, 5) is 13.3. The van der Waals surface area contributed by atoms with Crippen molar-refractivity contribution in [3.63, 3.8) is 0 Å². The van der Waals surface area contributed by atoms with Gasteiger partial charge in [-0.15, -0.1) is 0 Å². The zero-order valence-corrected chi connectivity index (χ0v) is 11.4. The molecule has 1 heterocycles. The number of amides is 1. The number of hydrogen-bond donors (Lipinski definition) is 2. The third-order valence-electron chi connectivity index (χ3n) is 3.26. The van der Waals surface area contributed by atoms with Crippen LogP contribution in [-0.2, 0) is 4.79 Å². The Kier molecular flexibility index (Phi) is 4.81. The number of rotatable bonds is 5. The Morgan fingerprint density at radius 1 is 1.20 bits per heavy atom. The average Bonchev–Trinajstić information content (AvgIpc) is 2.79. The smallest absolute Gasteiger partial charge is 0.226 e. The molecule has 0 aromatic heterocycles. The summed E-state index contributed by atoms with van der Waals surface area (Å²) in [7, 11) is 1.59. The second-order valence-electron chi connectivity index (χ2n) is 4.71. The highest BCUT2D eigenvalue weighted by atomic mass is 16.5. The number of nitrogens with zero attached hydrogens (tertiary/aromatic N) is 1. The summed E-state index contributed by atoms with van der Waals surface area (Å²) < 4.78 is 10.5. The van der Waals surface area contributed by atoms with Gasteiger partial charge in [0.05, 0.1) is 32.3 Å². The Morgan fingerprint density at radius 2 is 1.75 bits per heavy atom. The topological polar surface area (TPSA) is 79.2 Å². The molecule has 1 aromatic carbocycles. The van der Waals surface area contributed by atoms with E-state index in [1.807, 2.05) is 0 Å². The SMILES string of the molecule is COc1ccc(OCCC(=O)N2C[C@@H](O)[C@@H](O)C2)cc1. The predicted molar refractivity (Wildman–Crippen MR) is 71.7 cm³/mol. The second kappa shape index (κ2) is 6.58. The third-order valence-corrected chi connectivity index (χ3v) is 3.26. The van der Waals surface area contributed by atoms with Crippen molar-refractivity contribution in [2.75, 3.05) is 26.8 Å². The lowest BCUT2D eigenvalue weighted by atomic mass is 10.3. The molecule has 2 atom stereocenters. The van der Waals surface area contributed by atoms with Crippen molar-refractivity contribution in [2.45, 2.75) is 18.6 Å². The molecule has 1 aliphatic rings. The summed E-state index contributed by atoms with van der Waals surface area (Å²) >= 11 is 0. The molecule has 6 heteroatoms. The van der Waals surface area contributed by atoms with E-state index in [0.29, 0.717) is 5.75 Å². The first-order chi connectivity index (χ1) is 9.60. The van der Waals surface area contributed by atoms with Crippen LogP contribution in [0.5, 0.6) is 11.5 Å². The second-order valence-corrected chi connectivity index (χ2v) is 4.71. The molecule has 1 aromatic rings. The van der Waals surface area contributed by atoms with Crippen molar-refractivity contribution in [3.8, 4) is 11.5 Å². The van der Waals surface area contributed by atoms with Gasteiger partial charge < -0.3 is 24.6 Å². The van der Waals surface area contributed by atoms with Crippen molar-refractivity contribution < 1.29 is 24.5 Å². The molecule has 0 unspecified atom stereocenters. The van der Waals surface area contributed by atoms with Crippen LogP contribution in [0, 0.1) is 0 Å². The number of aliphatic hydroxyl groups excluding tert-OH is 2. The fraction of sp³-hybridized carbons (Fsp3) is 0.500. The van der Waals surface area contributed by atoms with Gasteiger partial charge in [0.2, 0.25) is 5.91 Å². The number of methoxy groups -OCH3 is 1. The highest BCUT2D eigenvalue weighted by molar-refractivity contribution is 5.76. The number of carbonyl (C=O) groups excluding carboxylic acids is 1. The molecule has 0 aliphatic carbocycles. The van der Waals surface area contributed by atoms with E-state index in [1.165, 1.54) is 4.90 Å². The van der Waals surface area contributed by atoms with Gasteiger partial charge in [0, 0.05) is 13.1 Å². The summed E-state index contributed by atoms with van der Waals surface area (Å²) in [6.07, 6.45) is -1.48. The fourth-order valence-corrected chi connectivity index (χ4v) is 2.06. The van der Waals surface area contributed by atoms with Crippen molar-refractivity contribution in [3.05, 3.63) is 24.3 Å². The minimum absolute atomic E-state index is 0.130. The van der Waals surface area contributed by atoms with Gasteiger partial charge in [0.1, 0.15) is 11.5 Å². The summed E-state index contributed by atoms with van der Waals surface area (Å²) in [5.41, 5.74) is 0. The Hall–Kier alpha value is -1.79. The average molecular weight is 281 g/mol. The van der Waals surface area contributed by atoms with E-state index in [2.05, 4.69) is 0 Å². The van der Waals surface area contributed by atoms with Crippen LogP contribution in [0.25, 0.3) is 0 Å². The van der Waals surface area contributed by atoms with Gasteiger partial charge in [-0.25, -0.2) is 0 Å². The van der Waals surface area contributed by atoms with Gasteiger partial charge in [-0.2, -0.15) is 0 Å². The molecule has 6 nitrogen and oxygen atoms in total. The first-order valence-corrected chi connectivity index (χ1v) is 6.51. The Labute approximate surface area is 117 Å². The molecule has 110 valence electrons. The number of hydrogen-bond acceptors (Lipinski definition) is 5. The number of carbonyl (C=O) groups is 1. The van der Waals surface area contributed by atoms with Gasteiger partial charge in [-0.3, -0.25) is 4.79 Å². The van der Waals surface area contributed by atoms with Crippen LogP contribution in [-0.4, -0.2) is 60.0 Å². The minimum atomic E-state index is -0.846. The Balaban J connectivity index is 1.73. The summed E-state index contributed by atoms with van der Waals surface area (Å²) in [5, 5.41) is 18.8. The Bertz CT molecular complexity index is 437. The largest absolute Gasteiger partial charge is 0.497 e. The van der Waals surface area contributed by atoms with Crippen LogP contribution >= 0.6 is 0 Å². The molecule has 2 N–H and O–H groups in total. The molecule has 1 amide bonds. The summed E-state index contributed by atoms with van der Waals surface area (Å²) in [6.45, 7) is 0.624. The van der Waals surface area contributed by atoms with Gasteiger partial charge in [-0.05, 0) is 24.3 Å². The molecule has 1 aliphatic heterocycles. The lowest BCUT2D eigenvalue weighted by Gasteiger charge is -2.15. The summed E-state index contributed by atoms with van der Waals surface area (Å²) in [5.74, 6) is 1.28. The van der Waals surface area contributed by atoms with Crippen LogP contribution in [0.1, 0.15) is 6.42 Å². The molecular formula is C14H19NO5. The van der Waals surface area contributed by atoms with E-state index < -0.39 is 12.2 Å². The van der Waals surface area contributed by atoms with Gasteiger partial charge in [0.15, 0.2) is 0 Å². The number of benzene rings is 1. The molecular weight excluding hydrogens is 262 g/mol. The first kappa shape index (κ1) is 14.6. The van der Waals surface area contributed by atoms with E-state index in [9.17, 15) is 15.0 Å². The van der Waals surface area contributed by atoms with Gasteiger partial charge in [-0.1, -0.05) is 0 Å². The quantitative estimate of drug-likeness (QED) is 0.796. The van der Waals surface area contributed by atoms with E-state index in [-0.39, 0.29) is 32.0 Å². The standard InChI is InChI=1S/C14H19NO5/c1-19-10-2-4-11(5-3-10)20-7-6-14(18)15-8-12(16)13(17)9-15/h2-5,12-13,16-17H,6-9H2,1H3/t12-,13+. The van der Waals surface area contributed by atoms with E-state index in [0.717, 1.165) is 5.75 Å². The maximum atomic E-state index is 11.8. The molecule has 20 heavy (non-hydrogen) atoms. The van der Waals surface area contributed by atoms with Crippen molar-refractivity contribution in [2.24, 2.45) is 0 Å². The fourth-order valence-electron chi connectivity index (χ4n) is 2.06. The van der Waals surface area contributed by atoms with Crippen molar-refractivity contribution >= 4 is 5.91 Å². The highest BCUT2D eigenvalue weighted by Crippen LogP contribution is 2.17. The van der Waals surface area contributed by atoms with Crippen LogP contribution in [0.15, 0.2) is 24.3 Å². The molecule has 0 radical (unpaired) electrons. The van der Waals surface area contributed by atoms with Crippen LogP contribution in [0.2, 0.25) is 0 Å². The van der Waals surface area contributed by atoms with E-state index in [4.69, 9.17) is 9.47 Å². The third kappa shape index (κ3) is 3.61. The number of ether oxygens (including phenoxy) is 2. The lowest BCUT2D eigenvalue weighted by Crippen LogP contribution is -2.30. The van der Waals surface area contributed by atoms with Gasteiger partial charge in [0.25, 0.3) is 0 Å². The summed E-state index contributed by atoms with van der Waals surface area (Å²) in [6, 6.07) is 7.11. The molecule has 1 fully saturated rings. The normalized spacial score (nSPS) is 21.9. The minimum Gasteiger partial charge on any atom is -0.497 e. The number of likely N-dealkylation sites (tertiary alicyclic amines) is 1. The molecule has 0 spiro atoms. The van der Waals surface area contributed by atoms with E-state index >= 15 is 0 Å². The van der Waals surface area contributed by atoms with Crippen LogP contribution < -0.4 is 9.47 Å². The van der Waals surface area contributed by atoms with Gasteiger partial charge >= 0.3 is 0 Å². The van der Waals surface area contributed by atoms with Crippen LogP contribution in [0.3, 0.4) is 0 Å². The maximum absolute atomic E-state index is 11.8. The maximum Gasteiger partial charge on any atom is 0.226 e. The van der Waals surface area contributed by atoms with Crippen LogP contribution in [0.4, 0.5) is 0 Å². The first-order valence-electron chi connectivity index (χ1n) is 6.51. The van der Waals surface area contributed by atoms with Crippen molar-refractivity contribution in [1.29, 1.82) is 0 Å². The zero-order valence-electron chi connectivity index (χ0n) is 11.4. The molecule has 1 saturated heterocycles. The highest BCUT2D eigenvalue weighted by Gasteiger charge is 2.32. The monoisotopic (exact) mass is 281 g/mol. The zero-order chi connectivity index (χ0) is 14.5. The number of aliphatic hydroxyl groups is 2. The predicted octanol–water partition coefficient (Wildman–Crippen LogP) is 0.0281. The molecule has 0 saturated carbocycles. The Morgan fingerprint density at radius 3 is 2.30 bits per heavy atom. The lowest BCUT2D eigenvalue weighted by molar-refractivity contribution is -0.131.